The fourth-order valence-corrected chi connectivity index (χ4v) is 2.44. The summed E-state index contributed by atoms with van der Waals surface area (Å²) in [7, 11) is 0. The number of benzene rings is 2. The first-order valence-electron chi connectivity index (χ1n) is 6.71. The molecule has 0 saturated carbocycles. The summed E-state index contributed by atoms with van der Waals surface area (Å²) in [5.74, 6) is 0.129. The van der Waals surface area contributed by atoms with Gasteiger partial charge in [-0.15, -0.1) is 0 Å². The van der Waals surface area contributed by atoms with Crippen LogP contribution in [-0.2, 0) is 17.8 Å². The maximum absolute atomic E-state index is 12.0. The topological polar surface area (TPSA) is 20.3 Å². The van der Waals surface area contributed by atoms with Crippen LogP contribution in [0, 0.1) is 0 Å². The number of carbonyl (C=O) groups is 1. The molecule has 3 heteroatoms. The molecule has 0 heterocycles. The Morgan fingerprint density at radius 1 is 0.900 bits per heavy atom. The van der Waals surface area contributed by atoms with Crippen LogP contribution in [0.5, 0.6) is 0 Å². The highest BCUT2D eigenvalue weighted by Gasteiger charge is 2.12. The Morgan fingerprint density at radius 2 is 1.45 bits per heavy atom. The van der Waals surface area contributed by atoms with Gasteiger partial charge in [0.05, 0.1) is 5.33 Å². The number of carbonyl (C=O) groups excluding carboxylic acids is 1. The predicted molar refractivity (Wildman–Crippen MR) is 85.8 cm³/mol. The average molecular weight is 332 g/mol. The van der Waals surface area contributed by atoms with Crippen LogP contribution in [0.25, 0.3) is 0 Å². The SMILES string of the molecule is O=C(CBr)N(CCc1ccccc1)Cc1ccccc1. The molecular formula is C17H18BrNO. The van der Waals surface area contributed by atoms with Gasteiger partial charge < -0.3 is 4.90 Å². The van der Waals surface area contributed by atoms with Gasteiger partial charge in [-0.3, -0.25) is 4.79 Å². The van der Waals surface area contributed by atoms with Crippen molar-refractivity contribution in [1.29, 1.82) is 0 Å². The van der Waals surface area contributed by atoms with Crippen LogP contribution in [0.3, 0.4) is 0 Å². The normalized spacial score (nSPS) is 10.2. The zero-order chi connectivity index (χ0) is 14.2. The van der Waals surface area contributed by atoms with Crippen molar-refractivity contribution in [2.45, 2.75) is 13.0 Å². The van der Waals surface area contributed by atoms with Gasteiger partial charge in [-0.05, 0) is 17.5 Å². The molecule has 0 aliphatic carbocycles. The van der Waals surface area contributed by atoms with Gasteiger partial charge >= 0.3 is 0 Å². The van der Waals surface area contributed by atoms with Crippen molar-refractivity contribution >= 4 is 21.8 Å². The van der Waals surface area contributed by atoms with Crippen molar-refractivity contribution in [2.24, 2.45) is 0 Å². The van der Waals surface area contributed by atoms with E-state index >= 15 is 0 Å². The van der Waals surface area contributed by atoms with E-state index in [1.165, 1.54) is 5.56 Å². The molecule has 0 radical (unpaired) electrons. The van der Waals surface area contributed by atoms with Crippen molar-refractivity contribution in [1.82, 2.24) is 4.90 Å². The van der Waals surface area contributed by atoms with Gasteiger partial charge in [0.15, 0.2) is 0 Å². The van der Waals surface area contributed by atoms with Crippen molar-refractivity contribution in [3.05, 3.63) is 71.8 Å². The molecule has 20 heavy (non-hydrogen) atoms. The predicted octanol–water partition coefficient (Wildman–Crippen LogP) is 3.65. The van der Waals surface area contributed by atoms with Crippen molar-refractivity contribution in [3.63, 3.8) is 0 Å². The van der Waals surface area contributed by atoms with Gasteiger partial charge in [-0.1, -0.05) is 76.6 Å². The Kier molecular flexibility index (Phi) is 5.81. The highest BCUT2D eigenvalue weighted by atomic mass is 79.9. The van der Waals surface area contributed by atoms with Gasteiger partial charge in [0.1, 0.15) is 0 Å². The lowest BCUT2D eigenvalue weighted by atomic mass is 10.1. The number of rotatable bonds is 6. The van der Waals surface area contributed by atoms with E-state index in [-0.39, 0.29) is 5.91 Å². The van der Waals surface area contributed by atoms with Crippen LogP contribution < -0.4 is 0 Å². The zero-order valence-corrected chi connectivity index (χ0v) is 12.9. The van der Waals surface area contributed by atoms with Gasteiger partial charge in [-0.2, -0.15) is 0 Å². The molecule has 0 fully saturated rings. The number of hydrogen-bond acceptors (Lipinski definition) is 1. The monoisotopic (exact) mass is 331 g/mol. The fraction of sp³-hybridized carbons (Fsp3) is 0.235. The molecule has 0 aliphatic heterocycles. The van der Waals surface area contributed by atoms with E-state index in [1.54, 1.807) is 0 Å². The summed E-state index contributed by atoms with van der Waals surface area (Å²) >= 11 is 3.26. The Morgan fingerprint density at radius 3 is 2.00 bits per heavy atom. The smallest absolute Gasteiger partial charge is 0.233 e. The molecule has 0 unspecified atom stereocenters. The molecule has 2 aromatic rings. The maximum atomic E-state index is 12.0. The lowest BCUT2D eigenvalue weighted by Crippen LogP contribution is -2.33. The zero-order valence-electron chi connectivity index (χ0n) is 11.3. The lowest BCUT2D eigenvalue weighted by Gasteiger charge is -2.22. The molecule has 0 aromatic heterocycles. The van der Waals surface area contributed by atoms with E-state index in [1.807, 2.05) is 41.3 Å². The molecule has 0 saturated heterocycles. The Labute approximate surface area is 128 Å². The first kappa shape index (κ1) is 14.8. The second kappa shape index (κ2) is 7.85. The summed E-state index contributed by atoms with van der Waals surface area (Å²) < 4.78 is 0. The minimum absolute atomic E-state index is 0.129. The van der Waals surface area contributed by atoms with Crippen LogP contribution in [-0.4, -0.2) is 22.7 Å². The third kappa shape index (κ3) is 4.49. The highest BCUT2D eigenvalue weighted by molar-refractivity contribution is 9.09. The van der Waals surface area contributed by atoms with E-state index < -0.39 is 0 Å². The molecule has 104 valence electrons. The molecule has 0 atom stereocenters. The third-order valence-electron chi connectivity index (χ3n) is 3.20. The molecule has 2 nitrogen and oxygen atoms in total. The molecule has 0 bridgehead atoms. The number of halogens is 1. The molecule has 0 spiro atoms. The van der Waals surface area contributed by atoms with Crippen LogP contribution >= 0.6 is 15.9 Å². The first-order chi connectivity index (χ1) is 9.79. The number of nitrogens with zero attached hydrogens (tertiary/aromatic N) is 1. The van der Waals surface area contributed by atoms with Crippen LogP contribution in [0.4, 0.5) is 0 Å². The number of alkyl halides is 1. The molecular weight excluding hydrogens is 314 g/mol. The number of hydrogen-bond donors (Lipinski definition) is 0. The Balaban J connectivity index is 1.99. The van der Waals surface area contributed by atoms with Crippen LogP contribution in [0.1, 0.15) is 11.1 Å². The van der Waals surface area contributed by atoms with Crippen molar-refractivity contribution in [2.75, 3.05) is 11.9 Å². The van der Waals surface area contributed by atoms with Gasteiger partial charge in [0, 0.05) is 13.1 Å². The minimum atomic E-state index is 0.129. The van der Waals surface area contributed by atoms with E-state index in [9.17, 15) is 4.79 Å². The van der Waals surface area contributed by atoms with Gasteiger partial charge in [0.2, 0.25) is 5.91 Å². The summed E-state index contributed by atoms with van der Waals surface area (Å²) in [6.07, 6.45) is 0.881. The van der Waals surface area contributed by atoms with E-state index in [0.29, 0.717) is 11.9 Å². The quantitative estimate of drug-likeness (QED) is 0.740. The largest absolute Gasteiger partial charge is 0.337 e. The standard InChI is InChI=1S/C17H18BrNO/c18-13-17(20)19(14-16-9-5-2-6-10-16)12-11-15-7-3-1-4-8-15/h1-10H,11-14H2. The van der Waals surface area contributed by atoms with Gasteiger partial charge in [0.25, 0.3) is 0 Å². The number of amides is 1. The van der Waals surface area contributed by atoms with E-state index in [0.717, 1.165) is 18.5 Å². The van der Waals surface area contributed by atoms with Crippen LogP contribution in [0.15, 0.2) is 60.7 Å². The van der Waals surface area contributed by atoms with E-state index in [2.05, 4.69) is 40.2 Å². The summed E-state index contributed by atoms with van der Waals surface area (Å²) in [6.45, 7) is 1.40. The van der Waals surface area contributed by atoms with Gasteiger partial charge in [-0.25, -0.2) is 0 Å². The third-order valence-corrected chi connectivity index (χ3v) is 3.68. The lowest BCUT2D eigenvalue weighted by molar-refractivity contribution is -0.128. The average Bonchev–Trinajstić information content (AvgIpc) is 2.52. The van der Waals surface area contributed by atoms with Crippen molar-refractivity contribution < 1.29 is 4.79 Å². The summed E-state index contributed by atoms with van der Waals surface area (Å²) in [5, 5.41) is 0.370. The molecule has 0 N–H and O–H groups in total. The minimum Gasteiger partial charge on any atom is -0.337 e. The molecule has 1 amide bonds. The van der Waals surface area contributed by atoms with E-state index in [4.69, 9.17) is 0 Å². The molecule has 2 aromatic carbocycles. The summed E-state index contributed by atoms with van der Waals surface area (Å²) in [6, 6.07) is 20.4. The Hall–Kier alpha value is -1.61. The maximum Gasteiger partial charge on any atom is 0.233 e. The summed E-state index contributed by atoms with van der Waals surface area (Å²) in [5.41, 5.74) is 2.42. The molecule has 0 aliphatic rings. The van der Waals surface area contributed by atoms with Crippen LogP contribution in [0.2, 0.25) is 0 Å². The second-order valence-corrected chi connectivity index (χ2v) is 5.23. The highest BCUT2D eigenvalue weighted by Crippen LogP contribution is 2.08. The first-order valence-corrected chi connectivity index (χ1v) is 7.83. The Bertz CT molecular complexity index is 527. The summed E-state index contributed by atoms with van der Waals surface area (Å²) in [4.78, 5) is 13.9. The fourth-order valence-electron chi connectivity index (χ4n) is 2.09. The second-order valence-electron chi connectivity index (χ2n) is 4.67. The van der Waals surface area contributed by atoms with Crippen molar-refractivity contribution in [3.8, 4) is 0 Å². The molecule has 2 rings (SSSR count).